The van der Waals surface area contributed by atoms with Crippen LogP contribution in [0, 0.1) is 11.7 Å². The van der Waals surface area contributed by atoms with Gasteiger partial charge >= 0.3 is 0 Å². The fraction of sp³-hybridized carbons (Fsp3) is 0.357. The maximum atomic E-state index is 13.6. The molecule has 3 rings (SSSR count). The van der Waals surface area contributed by atoms with Crippen LogP contribution < -0.4 is 10.6 Å². The molecule has 0 radical (unpaired) electrons. The van der Waals surface area contributed by atoms with Crippen LogP contribution in [0.2, 0.25) is 0 Å². The molecule has 2 aromatic rings. The van der Waals surface area contributed by atoms with Crippen LogP contribution >= 0.6 is 0 Å². The van der Waals surface area contributed by atoms with Crippen molar-refractivity contribution in [2.45, 2.75) is 6.10 Å². The SMILES string of the molecule is O=C(NCC1CNCC1O)c1cc(F)cc2nccnc12. The van der Waals surface area contributed by atoms with Gasteiger partial charge in [0.2, 0.25) is 0 Å². The third-order valence-corrected chi connectivity index (χ3v) is 3.61. The van der Waals surface area contributed by atoms with Crippen LogP contribution in [0.1, 0.15) is 10.4 Å². The lowest BCUT2D eigenvalue weighted by Gasteiger charge is -2.14. The Kier molecular flexibility index (Phi) is 3.76. The van der Waals surface area contributed by atoms with Crippen molar-refractivity contribution in [1.29, 1.82) is 0 Å². The minimum Gasteiger partial charge on any atom is -0.391 e. The zero-order valence-electron chi connectivity index (χ0n) is 11.2. The first-order valence-electron chi connectivity index (χ1n) is 6.72. The molecule has 1 aliphatic rings. The smallest absolute Gasteiger partial charge is 0.253 e. The highest BCUT2D eigenvalue weighted by atomic mass is 19.1. The van der Waals surface area contributed by atoms with Gasteiger partial charge in [-0.05, 0) is 6.07 Å². The zero-order valence-corrected chi connectivity index (χ0v) is 11.2. The van der Waals surface area contributed by atoms with Crippen LogP contribution in [-0.4, -0.2) is 46.7 Å². The maximum Gasteiger partial charge on any atom is 0.253 e. The van der Waals surface area contributed by atoms with Gasteiger partial charge in [0.05, 0.1) is 17.2 Å². The summed E-state index contributed by atoms with van der Waals surface area (Å²) in [5, 5.41) is 15.5. The fourth-order valence-corrected chi connectivity index (χ4v) is 2.46. The van der Waals surface area contributed by atoms with Crippen molar-refractivity contribution >= 4 is 16.9 Å². The normalized spacial score (nSPS) is 21.6. The van der Waals surface area contributed by atoms with Crippen LogP contribution in [0.15, 0.2) is 24.5 Å². The Hall–Kier alpha value is -2.12. The predicted octanol–water partition coefficient (Wildman–Crippen LogP) is 0.0790. The number of benzene rings is 1. The number of hydrogen-bond acceptors (Lipinski definition) is 5. The first-order valence-corrected chi connectivity index (χ1v) is 6.72. The molecule has 1 aromatic carbocycles. The Bertz CT molecular complexity index is 679. The third-order valence-electron chi connectivity index (χ3n) is 3.61. The molecule has 1 amide bonds. The quantitative estimate of drug-likeness (QED) is 0.745. The fourth-order valence-electron chi connectivity index (χ4n) is 2.46. The van der Waals surface area contributed by atoms with Gasteiger partial charge in [0, 0.05) is 44.0 Å². The molecule has 2 heterocycles. The molecule has 1 aromatic heterocycles. The highest BCUT2D eigenvalue weighted by molar-refractivity contribution is 6.04. The number of nitrogens with one attached hydrogen (secondary N) is 2. The summed E-state index contributed by atoms with van der Waals surface area (Å²) in [7, 11) is 0. The Morgan fingerprint density at radius 1 is 1.38 bits per heavy atom. The third kappa shape index (κ3) is 2.84. The van der Waals surface area contributed by atoms with E-state index in [0.29, 0.717) is 30.7 Å². The number of aliphatic hydroxyl groups is 1. The van der Waals surface area contributed by atoms with E-state index in [0.717, 1.165) is 6.07 Å². The number of aromatic nitrogens is 2. The Morgan fingerprint density at radius 3 is 2.95 bits per heavy atom. The van der Waals surface area contributed by atoms with Crippen molar-refractivity contribution in [2.24, 2.45) is 5.92 Å². The lowest BCUT2D eigenvalue weighted by molar-refractivity contribution is 0.0928. The molecule has 2 unspecified atom stereocenters. The predicted molar refractivity (Wildman–Crippen MR) is 74.2 cm³/mol. The number of rotatable bonds is 3. The van der Waals surface area contributed by atoms with E-state index in [1.165, 1.54) is 18.5 Å². The van der Waals surface area contributed by atoms with E-state index in [4.69, 9.17) is 0 Å². The van der Waals surface area contributed by atoms with Gasteiger partial charge in [0.15, 0.2) is 0 Å². The summed E-state index contributed by atoms with van der Waals surface area (Å²) in [6.45, 7) is 1.49. The van der Waals surface area contributed by atoms with Crippen molar-refractivity contribution in [3.8, 4) is 0 Å². The second kappa shape index (κ2) is 5.71. The lowest BCUT2D eigenvalue weighted by atomic mass is 10.1. The van der Waals surface area contributed by atoms with E-state index in [9.17, 15) is 14.3 Å². The highest BCUT2D eigenvalue weighted by Crippen LogP contribution is 2.17. The lowest BCUT2D eigenvalue weighted by Crippen LogP contribution is -2.34. The topological polar surface area (TPSA) is 87.1 Å². The second-order valence-electron chi connectivity index (χ2n) is 5.07. The minimum absolute atomic E-state index is 0.0418. The molecule has 0 saturated carbocycles. The summed E-state index contributed by atoms with van der Waals surface area (Å²) < 4.78 is 13.6. The molecule has 2 atom stereocenters. The van der Waals surface area contributed by atoms with Gasteiger partial charge in [-0.2, -0.15) is 0 Å². The molecule has 0 spiro atoms. The number of fused-ring (bicyclic) bond motifs is 1. The molecular weight excluding hydrogens is 275 g/mol. The molecule has 6 nitrogen and oxygen atoms in total. The molecule has 0 bridgehead atoms. The van der Waals surface area contributed by atoms with Gasteiger partial charge in [-0.3, -0.25) is 14.8 Å². The van der Waals surface area contributed by atoms with Crippen molar-refractivity contribution < 1.29 is 14.3 Å². The van der Waals surface area contributed by atoms with E-state index in [2.05, 4.69) is 20.6 Å². The first-order chi connectivity index (χ1) is 10.1. The van der Waals surface area contributed by atoms with Gasteiger partial charge in [0.1, 0.15) is 11.3 Å². The molecule has 1 fully saturated rings. The summed E-state index contributed by atoms with van der Waals surface area (Å²) in [4.78, 5) is 20.3. The van der Waals surface area contributed by atoms with Crippen LogP contribution in [0.4, 0.5) is 4.39 Å². The number of amides is 1. The van der Waals surface area contributed by atoms with Crippen LogP contribution in [0.25, 0.3) is 11.0 Å². The van der Waals surface area contributed by atoms with Crippen LogP contribution in [0.5, 0.6) is 0 Å². The van der Waals surface area contributed by atoms with E-state index in [1.54, 1.807) is 0 Å². The number of carbonyl (C=O) groups excluding carboxylic acids is 1. The first kappa shape index (κ1) is 13.8. The number of halogens is 1. The summed E-state index contributed by atoms with van der Waals surface area (Å²) in [6.07, 6.45) is 2.43. The van der Waals surface area contributed by atoms with E-state index < -0.39 is 17.8 Å². The van der Waals surface area contributed by atoms with Crippen molar-refractivity contribution in [1.82, 2.24) is 20.6 Å². The van der Waals surface area contributed by atoms with Crippen LogP contribution in [-0.2, 0) is 0 Å². The van der Waals surface area contributed by atoms with E-state index in [-0.39, 0.29) is 11.5 Å². The molecule has 21 heavy (non-hydrogen) atoms. The van der Waals surface area contributed by atoms with Gasteiger partial charge in [0.25, 0.3) is 5.91 Å². The average Bonchev–Trinajstić information content (AvgIpc) is 2.89. The number of carbonyl (C=O) groups is 1. The number of aliphatic hydroxyl groups excluding tert-OH is 1. The van der Waals surface area contributed by atoms with Crippen molar-refractivity contribution in [3.63, 3.8) is 0 Å². The van der Waals surface area contributed by atoms with Gasteiger partial charge in [-0.25, -0.2) is 4.39 Å². The van der Waals surface area contributed by atoms with Gasteiger partial charge in [-0.15, -0.1) is 0 Å². The number of hydrogen-bond donors (Lipinski definition) is 3. The van der Waals surface area contributed by atoms with Gasteiger partial charge in [-0.1, -0.05) is 0 Å². The number of nitrogens with zero attached hydrogens (tertiary/aromatic N) is 2. The monoisotopic (exact) mass is 290 g/mol. The van der Waals surface area contributed by atoms with Crippen molar-refractivity contribution in [2.75, 3.05) is 19.6 Å². The maximum absolute atomic E-state index is 13.6. The second-order valence-corrected chi connectivity index (χ2v) is 5.07. The largest absolute Gasteiger partial charge is 0.391 e. The Labute approximate surface area is 120 Å². The molecule has 7 heteroatoms. The molecule has 1 saturated heterocycles. The molecule has 1 aliphatic heterocycles. The molecule has 0 aliphatic carbocycles. The molecule has 3 N–H and O–H groups in total. The summed E-state index contributed by atoms with van der Waals surface area (Å²) in [5.41, 5.74) is 0.852. The van der Waals surface area contributed by atoms with E-state index in [1.807, 2.05) is 0 Å². The van der Waals surface area contributed by atoms with Crippen LogP contribution in [0.3, 0.4) is 0 Å². The Morgan fingerprint density at radius 2 is 2.19 bits per heavy atom. The summed E-state index contributed by atoms with van der Waals surface area (Å²) >= 11 is 0. The molecular formula is C14H15FN4O2. The highest BCUT2D eigenvalue weighted by Gasteiger charge is 2.25. The van der Waals surface area contributed by atoms with E-state index >= 15 is 0 Å². The van der Waals surface area contributed by atoms with Gasteiger partial charge < -0.3 is 15.7 Å². The molecule has 110 valence electrons. The van der Waals surface area contributed by atoms with Crippen molar-refractivity contribution in [3.05, 3.63) is 35.9 Å². The Balaban J connectivity index is 1.81. The standard InChI is InChI=1S/C14H15FN4O2/c15-9-3-10(13-11(4-9)17-1-2-18-13)14(21)19-6-8-5-16-7-12(8)20/h1-4,8,12,16,20H,5-7H2,(H,19,21). The summed E-state index contributed by atoms with van der Waals surface area (Å²) in [6, 6.07) is 2.39. The number of β-amino-alcohol motifs (C(OH)–C–C–N with tert-alkyl or cyclic N) is 1. The average molecular weight is 290 g/mol. The minimum atomic E-state index is -0.532. The zero-order chi connectivity index (χ0) is 14.8. The summed E-state index contributed by atoms with van der Waals surface area (Å²) in [5.74, 6) is -0.991.